The number of para-hydroxylation sites is 6. The van der Waals surface area contributed by atoms with Crippen LogP contribution in [0.1, 0.15) is 22.9 Å². The molecule has 7 nitrogen and oxygen atoms in total. The highest BCUT2D eigenvalue weighted by molar-refractivity contribution is 6.14. The number of nitrogens with zero attached hydrogens (tertiary/aromatic N) is 7. The highest BCUT2D eigenvalue weighted by Crippen LogP contribution is 2.40. The predicted molar refractivity (Wildman–Crippen MR) is 300 cm³/mol. The monoisotopic (exact) mass is 931 g/mol. The third kappa shape index (κ3) is 6.24. The van der Waals surface area contributed by atoms with Gasteiger partial charge in [-0.25, -0.2) is 9.97 Å². The Morgan fingerprint density at radius 3 is 1.18 bits per heavy atom. The summed E-state index contributed by atoms with van der Waals surface area (Å²) in [6, 6.07) is 77.9. The maximum atomic E-state index is 9.50. The first-order valence-electron chi connectivity index (χ1n) is 24.7. The van der Waals surface area contributed by atoms with Gasteiger partial charge in [0.05, 0.1) is 55.8 Å². The molecule has 340 valence electrons. The first kappa shape index (κ1) is 40.8. The summed E-state index contributed by atoms with van der Waals surface area (Å²) in [5.41, 5.74) is 13.7. The molecule has 0 aliphatic heterocycles. The highest BCUT2D eigenvalue weighted by Gasteiger charge is 2.22. The summed E-state index contributed by atoms with van der Waals surface area (Å²) in [6.07, 6.45) is 10.7. The molecule has 0 bridgehead atoms. The van der Waals surface area contributed by atoms with E-state index in [0.29, 0.717) is 11.4 Å². The fraction of sp³-hybridized carbons (Fsp3) is 0.0152. The van der Waals surface area contributed by atoms with Gasteiger partial charge in [-0.1, -0.05) is 152 Å². The summed E-state index contributed by atoms with van der Waals surface area (Å²) in [4.78, 5) is 11.1. The van der Waals surface area contributed by atoms with E-state index in [0.717, 1.165) is 77.8 Å². The Morgan fingerprint density at radius 1 is 0.370 bits per heavy atom. The Bertz CT molecular complexity index is 4400. The van der Waals surface area contributed by atoms with Crippen molar-refractivity contribution in [2.45, 2.75) is 5.92 Å². The number of nitriles is 1. The SMILES string of the molecule is N#Cc1ccc(C2C=CC=C(c3nc(-n4c5ccccc5c5cc(-n6c7ccccc7c7ccccc76)ccc54)cc(-n4c5ccccc5c5cc(-n6c7ccccc7c7ccccc76)ccc54)n3)C=C2)cc1. The number of hydrogen-bond donors (Lipinski definition) is 0. The van der Waals surface area contributed by atoms with Crippen LogP contribution in [0.2, 0.25) is 0 Å². The normalized spacial score (nSPS) is 13.8. The van der Waals surface area contributed by atoms with E-state index in [1.54, 1.807) is 0 Å². The van der Waals surface area contributed by atoms with Crippen molar-refractivity contribution in [3.05, 3.63) is 260 Å². The third-order valence-corrected chi connectivity index (χ3v) is 14.9. The van der Waals surface area contributed by atoms with Crippen LogP contribution in [0.3, 0.4) is 0 Å². The van der Waals surface area contributed by atoms with Crippen molar-refractivity contribution in [2.24, 2.45) is 0 Å². The van der Waals surface area contributed by atoms with Crippen LogP contribution in [-0.4, -0.2) is 28.2 Å². The van der Waals surface area contributed by atoms with Gasteiger partial charge in [0.2, 0.25) is 0 Å². The summed E-state index contributed by atoms with van der Waals surface area (Å²) >= 11 is 0. The average Bonchev–Trinajstić information content (AvgIpc) is 4.13. The van der Waals surface area contributed by atoms with Gasteiger partial charge in [-0.15, -0.1) is 0 Å². The van der Waals surface area contributed by atoms with E-state index in [1.807, 2.05) is 24.3 Å². The molecule has 0 spiro atoms. The molecule has 0 saturated carbocycles. The fourth-order valence-electron chi connectivity index (χ4n) is 11.6. The van der Waals surface area contributed by atoms with Crippen LogP contribution in [0, 0.1) is 11.3 Å². The van der Waals surface area contributed by atoms with Crippen LogP contribution in [0.15, 0.2) is 243 Å². The van der Waals surface area contributed by atoms with Crippen LogP contribution in [0.5, 0.6) is 0 Å². The average molecular weight is 932 g/mol. The Balaban J connectivity index is 0.956. The lowest BCUT2D eigenvalue weighted by Crippen LogP contribution is -2.08. The Kier molecular flexibility index (Phi) is 8.95. The van der Waals surface area contributed by atoms with Gasteiger partial charge < -0.3 is 9.13 Å². The van der Waals surface area contributed by atoms with E-state index < -0.39 is 0 Å². The van der Waals surface area contributed by atoms with Crippen LogP contribution in [-0.2, 0) is 0 Å². The van der Waals surface area contributed by atoms with Gasteiger partial charge in [-0.05, 0) is 90.5 Å². The van der Waals surface area contributed by atoms with Gasteiger partial charge in [0.1, 0.15) is 11.6 Å². The van der Waals surface area contributed by atoms with Crippen molar-refractivity contribution in [1.29, 1.82) is 5.26 Å². The summed E-state index contributed by atoms with van der Waals surface area (Å²) in [5.74, 6) is 2.13. The second kappa shape index (κ2) is 16.0. The lowest BCUT2D eigenvalue weighted by atomic mass is 9.97. The molecule has 73 heavy (non-hydrogen) atoms. The van der Waals surface area contributed by atoms with Gasteiger partial charge in [0.25, 0.3) is 0 Å². The smallest absolute Gasteiger partial charge is 0.163 e. The van der Waals surface area contributed by atoms with Crippen LogP contribution < -0.4 is 0 Å². The van der Waals surface area contributed by atoms with E-state index >= 15 is 0 Å². The molecule has 15 rings (SSSR count). The van der Waals surface area contributed by atoms with Gasteiger partial charge in [-0.3, -0.25) is 9.13 Å². The van der Waals surface area contributed by atoms with Gasteiger partial charge in [-0.2, -0.15) is 5.26 Å². The lowest BCUT2D eigenvalue weighted by molar-refractivity contribution is 0.969. The molecule has 5 aromatic heterocycles. The van der Waals surface area contributed by atoms with E-state index in [4.69, 9.17) is 9.97 Å². The fourth-order valence-corrected chi connectivity index (χ4v) is 11.6. The van der Waals surface area contributed by atoms with Crippen LogP contribution in [0.25, 0.3) is 116 Å². The number of allylic oxidation sites excluding steroid dienone is 6. The Morgan fingerprint density at radius 2 is 0.753 bits per heavy atom. The van der Waals surface area contributed by atoms with Crippen LogP contribution >= 0.6 is 0 Å². The number of benzene rings is 9. The molecule has 0 saturated heterocycles. The van der Waals surface area contributed by atoms with E-state index in [-0.39, 0.29) is 5.92 Å². The van der Waals surface area contributed by atoms with E-state index in [9.17, 15) is 5.26 Å². The zero-order chi connectivity index (χ0) is 48.1. The number of aromatic nitrogens is 6. The molecule has 7 heteroatoms. The molecule has 1 aliphatic rings. The topological polar surface area (TPSA) is 69.3 Å². The first-order valence-corrected chi connectivity index (χ1v) is 24.7. The minimum atomic E-state index is 0.00582. The number of hydrogen-bond acceptors (Lipinski definition) is 3. The van der Waals surface area contributed by atoms with Gasteiger partial charge in [0, 0.05) is 72.0 Å². The molecule has 9 aromatic carbocycles. The molecule has 1 unspecified atom stereocenters. The molecule has 0 radical (unpaired) electrons. The Labute approximate surface area is 419 Å². The third-order valence-electron chi connectivity index (χ3n) is 14.9. The molecule has 0 fully saturated rings. The molecular formula is C66H41N7. The standard InChI is InChI=1S/C66H41N7/c67-41-42-28-30-44(31-29-42)43-14-13-15-45(33-32-43)66-68-64(72-60-26-11-5-20-52(60)54-38-46(34-36-62(54)72)70-56-22-7-1-16-48(56)49-17-2-8-23-57(49)70)40-65(69-66)73-61-27-12-6-21-53(61)55-39-47(35-37-63(55)73)71-58-24-9-3-18-50(58)51-19-4-10-25-59(51)71/h1-40,43H. The molecule has 5 heterocycles. The van der Waals surface area contributed by atoms with Crippen molar-refractivity contribution in [2.75, 3.05) is 0 Å². The van der Waals surface area contributed by atoms with Gasteiger partial charge in [0.15, 0.2) is 5.82 Å². The minimum absolute atomic E-state index is 0.00582. The van der Waals surface area contributed by atoms with Crippen molar-refractivity contribution < 1.29 is 0 Å². The van der Waals surface area contributed by atoms with Crippen molar-refractivity contribution >= 4 is 92.8 Å². The summed E-state index contributed by atoms with van der Waals surface area (Å²) in [5, 5.41) is 19.0. The van der Waals surface area contributed by atoms with Crippen molar-refractivity contribution in [3.8, 4) is 29.1 Å². The maximum absolute atomic E-state index is 9.50. The lowest BCUT2D eigenvalue weighted by Gasteiger charge is -2.15. The highest BCUT2D eigenvalue weighted by atomic mass is 15.1. The van der Waals surface area contributed by atoms with Gasteiger partial charge >= 0.3 is 0 Å². The molecule has 0 N–H and O–H groups in total. The molecule has 0 amide bonds. The molecule has 14 aromatic rings. The first-order chi connectivity index (χ1) is 36.2. The number of fused-ring (bicyclic) bond motifs is 12. The molecule has 1 aliphatic carbocycles. The Hall–Kier alpha value is -10.0. The van der Waals surface area contributed by atoms with Crippen molar-refractivity contribution in [3.63, 3.8) is 0 Å². The zero-order valence-corrected chi connectivity index (χ0v) is 39.3. The quantitative estimate of drug-likeness (QED) is 0.167. The second-order valence-electron chi connectivity index (χ2n) is 18.9. The summed E-state index contributed by atoms with van der Waals surface area (Å²) in [7, 11) is 0. The van der Waals surface area contributed by atoms with Crippen LogP contribution in [0.4, 0.5) is 0 Å². The van der Waals surface area contributed by atoms with E-state index in [2.05, 4.69) is 243 Å². The minimum Gasteiger partial charge on any atom is -0.309 e. The maximum Gasteiger partial charge on any atom is 0.163 e. The second-order valence-corrected chi connectivity index (χ2v) is 18.9. The number of rotatable bonds is 6. The van der Waals surface area contributed by atoms with Crippen molar-refractivity contribution in [1.82, 2.24) is 28.2 Å². The summed E-state index contributed by atoms with van der Waals surface area (Å²) in [6.45, 7) is 0. The molecule has 1 atom stereocenters. The zero-order valence-electron chi connectivity index (χ0n) is 39.3. The largest absolute Gasteiger partial charge is 0.309 e. The van der Waals surface area contributed by atoms with E-state index in [1.165, 1.54) is 43.6 Å². The molecular weight excluding hydrogens is 891 g/mol. The predicted octanol–water partition coefficient (Wildman–Crippen LogP) is 16.0. The summed E-state index contributed by atoms with van der Waals surface area (Å²) < 4.78 is 9.38.